The average molecular weight is 867 g/mol. The molecule has 0 aromatic heterocycles. The van der Waals surface area contributed by atoms with Gasteiger partial charge in [-0.15, -0.1) is 0 Å². The molecule has 6 nitrogen and oxygen atoms in total. The summed E-state index contributed by atoms with van der Waals surface area (Å²) in [5.74, 6) is -0.174. The molecule has 0 bridgehead atoms. The Morgan fingerprint density at radius 3 is 1.16 bits per heavy atom. The van der Waals surface area contributed by atoms with Crippen LogP contribution in [0.4, 0.5) is 0 Å². The molecule has 0 spiro atoms. The molecule has 1 aliphatic rings. The zero-order valence-electron chi connectivity index (χ0n) is 41.7. The van der Waals surface area contributed by atoms with Crippen LogP contribution in [-0.2, 0) is 9.47 Å². The highest BCUT2D eigenvalue weighted by Gasteiger charge is 2.50. The highest BCUT2D eigenvalue weighted by molar-refractivity contribution is 6.13. The van der Waals surface area contributed by atoms with Crippen molar-refractivity contribution in [2.24, 2.45) is 0 Å². The van der Waals surface area contributed by atoms with Crippen molar-refractivity contribution >= 4 is 18.0 Å². The highest BCUT2D eigenvalue weighted by Crippen LogP contribution is 2.28. The Morgan fingerprint density at radius 2 is 0.806 bits per heavy atom. The fourth-order valence-electron chi connectivity index (χ4n) is 9.36. The smallest absolute Gasteiger partial charge is 0.354 e. The lowest BCUT2D eigenvalue weighted by molar-refractivity contribution is -0.742. The molecule has 1 heterocycles. The van der Waals surface area contributed by atoms with Gasteiger partial charge in [-0.05, 0) is 25.0 Å². The van der Waals surface area contributed by atoms with Crippen molar-refractivity contribution in [3.63, 3.8) is 0 Å². The second kappa shape index (κ2) is 39.5. The zero-order valence-corrected chi connectivity index (χ0v) is 41.7. The normalized spacial score (nSPS) is 14.3. The lowest BCUT2D eigenvalue weighted by Crippen LogP contribution is -2.50. The number of unbranched alkanes of at least 4 members (excludes halogenated alkanes) is 34. The second-order valence-electron chi connectivity index (χ2n) is 19.6. The molecule has 6 heteroatoms. The number of hydrogen-bond acceptors (Lipinski definition) is 4. The molecule has 1 atom stereocenters. The lowest BCUT2D eigenvalue weighted by atomic mass is 10.0. The van der Waals surface area contributed by atoms with E-state index in [-0.39, 0.29) is 22.4 Å². The maximum Gasteiger partial charge on any atom is 0.354 e. The van der Waals surface area contributed by atoms with Gasteiger partial charge < -0.3 is 9.47 Å². The Morgan fingerprint density at radius 1 is 0.484 bits per heavy atom. The average Bonchev–Trinajstić information content (AvgIpc) is 3.46. The van der Waals surface area contributed by atoms with Crippen molar-refractivity contribution in [1.82, 2.24) is 0 Å². The summed E-state index contributed by atoms with van der Waals surface area (Å²) in [5.41, 5.74) is 1.11. The van der Waals surface area contributed by atoms with Crippen LogP contribution >= 0.6 is 0 Å². The number of rotatable bonds is 46. The number of carbonyl (C=O) groups is 2. The molecule has 1 aliphatic heterocycles. The number of amides is 2. The molecule has 2 rings (SSSR count). The van der Waals surface area contributed by atoms with Gasteiger partial charge in [-0.3, -0.25) is 0 Å². The molecule has 358 valence electrons. The molecule has 1 unspecified atom stereocenters. The Balaban J connectivity index is 1.58. The molecule has 1 aromatic carbocycles. The minimum atomic E-state index is -0.172. The van der Waals surface area contributed by atoms with Crippen molar-refractivity contribution in [2.75, 3.05) is 47.0 Å². The molecule has 62 heavy (non-hydrogen) atoms. The predicted octanol–water partition coefficient (Wildman–Crippen LogP) is 16.0. The summed E-state index contributed by atoms with van der Waals surface area (Å²) in [6.07, 6.45) is 52.5. The van der Waals surface area contributed by atoms with Gasteiger partial charge in [-0.25, -0.2) is 14.2 Å². The summed E-state index contributed by atoms with van der Waals surface area (Å²) >= 11 is 0. The fourth-order valence-corrected chi connectivity index (χ4v) is 9.36. The molecule has 0 radical (unpaired) electrons. The van der Waals surface area contributed by atoms with Gasteiger partial charge in [-0.1, -0.05) is 244 Å². The molecule has 0 fully saturated rings. The molecule has 2 amide bonds. The van der Waals surface area contributed by atoms with E-state index in [9.17, 15) is 9.59 Å². The first-order valence-corrected chi connectivity index (χ1v) is 27.2. The summed E-state index contributed by atoms with van der Waals surface area (Å²) in [4.78, 5) is 26.4. The van der Waals surface area contributed by atoms with Crippen molar-refractivity contribution < 1.29 is 28.1 Å². The van der Waals surface area contributed by atoms with Crippen LogP contribution in [0.5, 0.6) is 0 Å². The zero-order chi connectivity index (χ0) is 44.6. The Labute approximate surface area is 384 Å². The van der Waals surface area contributed by atoms with Gasteiger partial charge in [0, 0.05) is 13.2 Å². The third-order valence-corrected chi connectivity index (χ3v) is 13.6. The van der Waals surface area contributed by atoms with E-state index in [1.54, 1.807) is 19.2 Å². The van der Waals surface area contributed by atoms with Gasteiger partial charge >= 0.3 is 11.8 Å². The van der Waals surface area contributed by atoms with E-state index in [4.69, 9.17) is 9.47 Å². The Kier molecular flexibility index (Phi) is 35.8. The number of benzene rings is 1. The Bertz CT molecular complexity index is 1210. The van der Waals surface area contributed by atoms with Crippen LogP contribution in [0.2, 0.25) is 0 Å². The topological polar surface area (TPSA) is 55.6 Å². The van der Waals surface area contributed by atoms with Gasteiger partial charge in [0.2, 0.25) is 0 Å². The molecule has 0 saturated carbocycles. The van der Waals surface area contributed by atoms with E-state index in [1.807, 2.05) is 12.1 Å². The summed E-state index contributed by atoms with van der Waals surface area (Å²) in [5, 5.41) is 0. The van der Waals surface area contributed by atoms with Crippen molar-refractivity contribution in [3.05, 3.63) is 35.4 Å². The largest absolute Gasteiger partial charge is 0.378 e. The van der Waals surface area contributed by atoms with E-state index < -0.39 is 0 Å². The minimum absolute atomic E-state index is 0.0872. The summed E-state index contributed by atoms with van der Waals surface area (Å²) in [6, 6.07) is 7.24. The standard InChI is InChI=1S/C56H102N2O4/c1-5-7-9-11-13-15-17-19-21-23-25-27-29-31-33-35-37-41-48-61-51-52(50-57(3)46-43-47-58(4)55(59)53-44-39-40-45-54(53)56(58)60)62-49-42-38-36-34-32-30-28-26-24-22-20-18-16-14-12-10-8-6-2/h39-40,44-45,50,52H,5-38,41-43,46-49,51H2,1-4H3/q+2. The lowest BCUT2D eigenvalue weighted by Gasteiger charge is -2.22. The van der Waals surface area contributed by atoms with Crippen LogP contribution in [0.3, 0.4) is 0 Å². The first kappa shape index (κ1) is 56.2. The number of imide groups is 1. The molecule has 0 N–H and O–H groups in total. The van der Waals surface area contributed by atoms with Crippen LogP contribution in [-0.4, -0.2) is 80.2 Å². The summed E-state index contributed by atoms with van der Waals surface area (Å²) in [7, 11) is 3.85. The maximum absolute atomic E-state index is 13.2. The molecule has 0 aliphatic carbocycles. The minimum Gasteiger partial charge on any atom is -0.378 e. The molecule has 1 aromatic rings. The van der Waals surface area contributed by atoms with Crippen LogP contribution < -0.4 is 0 Å². The van der Waals surface area contributed by atoms with Gasteiger partial charge in [-0.2, -0.15) is 4.48 Å². The SMILES string of the molecule is CCCCCCCCCCCCCCCCCCCCOCC(C=[N+](C)CCC[N+]1(C)C(=O)c2ccccc2C1=O)OCCCCCCCCCCCCCCCCCCCC. The van der Waals surface area contributed by atoms with Gasteiger partial charge in [0.15, 0.2) is 12.3 Å². The van der Waals surface area contributed by atoms with Gasteiger partial charge in [0.1, 0.15) is 13.6 Å². The van der Waals surface area contributed by atoms with Crippen molar-refractivity contribution in [1.29, 1.82) is 0 Å². The van der Waals surface area contributed by atoms with Crippen molar-refractivity contribution in [3.8, 4) is 0 Å². The molecule has 0 saturated heterocycles. The number of nitrogens with zero attached hydrogens (tertiary/aromatic N) is 2. The van der Waals surface area contributed by atoms with Crippen LogP contribution in [0.15, 0.2) is 24.3 Å². The first-order chi connectivity index (χ1) is 30.4. The second-order valence-corrected chi connectivity index (χ2v) is 19.6. The van der Waals surface area contributed by atoms with E-state index >= 15 is 0 Å². The highest BCUT2D eigenvalue weighted by atomic mass is 16.5. The fraction of sp³-hybridized carbons (Fsp3) is 0.839. The first-order valence-electron chi connectivity index (χ1n) is 27.2. The summed E-state index contributed by atoms with van der Waals surface area (Å²) < 4.78 is 14.6. The van der Waals surface area contributed by atoms with Crippen LogP contribution in [0.25, 0.3) is 0 Å². The third-order valence-electron chi connectivity index (χ3n) is 13.6. The third kappa shape index (κ3) is 27.4. The van der Waals surface area contributed by atoms with Crippen LogP contribution in [0, 0.1) is 0 Å². The van der Waals surface area contributed by atoms with Gasteiger partial charge in [0.05, 0.1) is 37.7 Å². The quantitative estimate of drug-likeness (QED) is 0.0215. The number of ether oxygens (including phenoxy) is 2. The van der Waals surface area contributed by atoms with E-state index in [1.165, 1.54) is 218 Å². The number of fused-ring (bicyclic) bond motifs is 1. The number of hydrogen-bond donors (Lipinski definition) is 0. The maximum atomic E-state index is 13.2. The monoisotopic (exact) mass is 867 g/mol. The van der Waals surface area contributed by atoms with Crippen molar-refractivity contribution in [2.45, 2.75) is 258 Å². The summed E-state index contributed by atoms with van der Waals surface area (Å²) in [6.45, 7) is 7.95. The predicted molar refractivity (Wildman–Crippen MR) is 266 cm³/mol. The van der Waals surface area contributed by atoms with E-state index in [0.717, 1.165) is 39.0 Å². The molecular formula is C56H102N2O4+2. The van der Waals surface area contributed by atoms with Crippen LogP contribution in [0.1, 0.15) is 272 Å². The molecular weight excluding hydrogens is 765 g/mol. The Hall–Kier alpha value is -1.89. The number of carbonyl (C=O) groups excluding carboxylic acids is 2. The number of quaternary nitrogens is 1. The van der Waals surface area contributed by atoms with E-state index in [0.29, 0.717) is 24.3 Å². The van der Waals surface area contributed by atoms with E-state index in [2.05, 4.69) is 31.7 Å². The van der Waals surface area contributed by atoms with Gasteiger partial charge in [0.25, 0.3) is 0 Å².